The lowest BCUT2D eigenvalue weighted by molar-refractivity contribution is 1.90. The Morgan fingerprint density at radius 3 is 2.57 bits per heavy atom. The molecule has 0 atom stereocenters. The topological polar surface area (TPSA) is 26.0 Å². The van der Waals surface area contributed by atoms with Gasteiger partial charge in [-0.1, -0.05) is 18.1 Å². The Hall–Kier alpha value is -0.200. The van der Waals surface area contributed by atoms with Gasteiger partial charge in [-0.05, 0) is 23.9 Å². The lowest BCUT2D eigenvalue weighted by Gasteiger charge is -1.78. The molecular weight excluding hydrogens is 126 g/mol. The second-order valence-electron chi connectivity index (χ2n) is 0.773. The zero-order valence-corrected chi connectivity index (χ0v) is 5.53. The Labute approximate surface area is 52.7 Å². The molecule has 0 aromatic rings. The molecule has 0 fully saturated rings. The average Bonchev–Trinajstić information content (AvgIpc) is 1.61. The molecular formula is C4H5NS2. The zero-order valence-electron chi connectivity index (χ0n) is 3.89. The first-order valence-corrected chi connectivity index (χ1v) is 2.88. The van der Waals surface area contributed by atoms with E-state index in [-0.39, 0.29) is 0 Å². The normalized spacial score (nSPS) is 6.43. The van der Waals surface area contributed by atoms with Crippen LogP contribution in [0.2, 0.25) is 0 Å². The van der Waals surface area contributed by atoms with Gasteiger partial charge in [0.05, 0.1) is 0 Å². The molecule has 1 nitrogen and oxygen atoms in total. The van der Waals surface area contributed by atoms with Crippen molar-refractivity contribution in [2.45, 2.75) is 6.92 Å². The maximum atomic E-state index is 5.07. The number of thioether (sulfide) groups is 1. The van der Waals surface area contributed by atoms with Crippen LogP contribution in [0.3, 0.4) is 0 Å². The first-order valence-electron chi connectivity index (χ1n) is 1.65. The van der Waals surface area contributed by atoms with E-state index < -0.39 is 0 Å². The van der Waals surface area contributed by atoms with Gasteiger partial charge in [0, 0.05) is 0 Å². The second kappa shape index (κ2) is 3.97. The fourth-order valence-electron chi connectivity index (χ4n) is 0.101. The number of hydrogen-bond donors (Lipinski definition) is 1. The van der Waals surface area contributed by atoms with Crippen molar-refractivity contribution >= 4 is 28.3 Å². The van der Waals surface area contributed by atoms with E-state index in [9.17, 15) is 0 Å². The largest absolute Gasteiger partial charge is 0.384 e. The minimum atomic E-state index is 0.384. The minimum Gasteiger partial charge on any atom is -0.384 e. The van der Waals surface area contributed by atoms with Crippen LogP contribution in [0.15, 0.2) is 0 Å². The summed E-state index contributed by atoms with van der Waals surface area (Å²) >= 11 is 5.68. The fraction of sp³-hybridized carbons (Fsp3) is 0.250. The van der Waals surface area contributed by atoms with Crippen LogP contribution >= 0.6 is 24.0 Å². The average molecular weight is 131 g/mol. The van der Waals surface area contributed by atoms with Crippen molar-refractivity contribution in [2.24, 2.45) is 5.73 Å². The first-order chi connectivity index (χ1) is 3.27. The third-order valence-electron chi connectivity index (χ3n) is 0.254. The molecule has 38 valence electrons. The SMILES string of the molecule is CC#CSC(N)=S. The van der Waals surface area contributed by atoms with Crippen LogP contribution < -0.4 is 5.73 Å². The third kappa shape index (κ3) is 5.80. The van der Waals surface area contributed by atoms with E-state index in [0.29, 0.717) is 4.32 Å². The van der Waals surface area contributed by atoms with E-state index in [1.165, 1.54) is 11.8 Å². The van der Waals surface area contributed by atoms with Crippen molar-refractivity contribution in [3.63, 3.8) is 0 Å². The molecule has 2 N–H and O–H groups in total. The molecule has 0 saturated carbocycles. The van der Waals surface area contributed by atoms with Crippen LogP contribution in [0.25, 0.3) is 0 Å². The van der Waals surface area contributed by atoms with E-state index in [1.807, 2.05) is 0 Å². The Bertz CT molecular complexity index is 119. The Morgan fingerprint density at radius 2 is 2.43 bits per heavy atom. The van der Waals surface area contributed by atoms with Crippen molar-refractivity contribution in [2.75, 3.05) is 0 Å². The van der Waals surface area contributed by atoms with E-state index in [2.05, 4.69) is 23.4 Å². The minimum absolute atomic E-state index is 0.384. The maximum absolute atomic E-state index is 5.07. The highest BCUT2D eigenvalue weighted by molar-refractivity contribution is 8.26. The van der Waals surface area contributed by atoms with E-state index in [4.69, 9.17) is 5.73 Å². The maximum Gasteiger partial charge on any atom is 0.143 e. The standard InChI is InChI=1S/C4H5NS2/c1-2-3-7-4(5)6/h1H3,(H2,5,6). The van der Waals surface area contributed by atoms with Crippen LogP contribution in [-0.4, -0.2) is 4.32 Å². The third-order valence-corrected chi connectivity index (χ3v) is 1.01. The predicted octanol–water partition coefficient (Wildman–Crippen LogP) is 0.944. The molecule has 3 heteroatoms. The summed E-state index contributed by atoms with van der Waals surface area (Å²) in [5, 5.41) is 2.65. The summed E-state index contributed by atoms with van der Waals surface area (Å²) in [6.45, 7) is 1.74. The van der Waals surface area contributed by atoms with Crippen molar-refractivity contribution in [3.05, 3.63) is 0 Å². The van der Waals surface area contributed by atoms with Gasteiger partial charge in [-0.15, -0.1) is 0 Å². The summed E-state index contributed by atoms with van der Waals surface area (Å²) in [6.07, 6.45) is 0. The summed E-state index contributed by atoms with van der Waals surface area (Å²) in [6, 6.07) is 0. The highest BCUT2D eigenvalue weighted by atomic mass is 32.2. The molecule has 0 aromatic heterocycles. The molecule has 0 rings (SSSR count). The molecule has 0 radical (unpaired) electrons. The van der Waals surface area contributed by atoms with Gasteiger partial charge in [0.15, 0.2) is 0 Å². The monoisotopic (exact) mass is 131 g/mol. The van der Waals surface area contributed by atoms with Gasteiger partial charge < -0.3 is 5.73 Å². The predicted molar refractivity (Wildman–Crippen MR) is 37.8 cm³/mol. The van der Waals surface area contributed by atoms with Gasteiger partial charge >= 0.3 is 0 Å². The lowest BCUT2D eigenvalue weighted by atomic mass is 10.9. The lowest BCUT2D eigenvalue weighted by Crippen LogP contribution is -1.99. The number of hydrogen-bond acceptors (Lipinski definition) is 2. The molecule has 0 saturated heterocycles. The van der Waals surface area contributed by atoms with Crippen LogP contribution in [0.1, 0.15) is 6.92 Å². The Kier molecular flexibility index (Phi) is 3.86. The van der Waals surface area contributed by atoms with Crippen LogP contribution in [0, 0.1) is 11.2 Å². The number of nitrogens with two attached hydrogens (primary N) is 1. The van der Waals surface area contributed by atoms with Crippen molar-refractivity contribution in [1.82, 2.24) is 0 Å². The van der Waals surface area contributed by atoms with Gasteiger partial charge in [0.25, 0.3) is 0 Å². The highest BCUT2D eigenvalue weighted by Gasteiger charge is 1.77. The molecule has 0 aliphatic rings. The van der Waals surface area contributed by atoms with Gasteiger partial charge in [0.1, 0.15) is 4.32 Å². The van der Waals surface area contributed by atoms with E-state index in [1.54, 1.807) is 6.92 Å². The molecule has 0 bridgehead atoms. The van der Waals surface area contributed by atoms with E-state index >= 15 is 0 Å². The molecule has 0 spiro atoms. The van der Waals surface area contributed by atoms with Crippen molar-refractivity contribution in [1.29, 1.82) is 0 Å². The molecule has 0 amide bonds. The molecule has 0 aliphatic heterocycles. The summed E-state index contributed by atoms with van der Waals surface area (Å²) in [7, 11) is 0. The van der Waals surface area contributed by atoms with Gasteiger partial charge in [-0.25, -0.2) is 0 Å². The van der Waals surface area contributed by atoms with Crippen LogP contribution in [0.4, 0.5) is 0 Å². The fourth-order valence-corrected chi connectivity index (χ4v) is 0.429. The second-order valence-corrected chi connectivity index (χ2v) is 2.32. The smallest absolute Gasteiger partial charge is 0.143 e. The molecule has 0 aromatic carbocycles. The molecule has 0 heterocycles. The highest BCUT2D eigenvalue weighted by Crippen LogP contribution is 1.93. The summed E-state index contributed by atoms with van der Waals surface area (Å²) in [5.74, 6) is 2.64. The molecule has 7 heavy (non-hydrogen) atoms. The summed E-state index contributed by atoms with van der Waals surface area (Å²) < 4.78 is 0.384. The quantitative estimate of drug-likeness (QED) is 0.391. The van der Waals surface area contributed by atoms with Crippen LogP contribution in [-0.2, 0) is 0 Å². The molecule has 0 aliphatic carbocycles. The van der Waals surface area contributed by atoms with E-state index in [0.717, 1.165) is 0 Å². The van der Waals surface area contributed by atoms with Crippen LogP contribution in [0.5, 0.6) is 0 Å². The first kappa shape index (κ1) is 6.80. The summed E-state index contributed by atoms with van der Waals surface area (Å²) in [5.41, 5.74) is 5.07. The Balaban J connectivity index is 3.26. The van der Waals surface area contributed by atoms with Gasteiger partial charge in [-0.2, -0.15) is 0 Å². The van der Waals surface area contributed by atoms with Gasteiger partial charge in [-0.3, -0.25) is 0 Å². The van der Waals surface area contributed by atoms with Crippen molar-refractivity contribution in [3.8, 4) is 11.2 Å². The van der Waals surface area contributed by atoms with Gasteiger partial charge in [0.2, 0.25) is 0 Å². The molecule has 0 unspecified atom stereocenters. The Morgan fingerprint density at radius 1 is 1.86 bits per heavy atom. The summed E-state index contributed by atoms with van der Waals surface area (Å²) in [4.78, 5) is 0. The number of rotatable bonds is 0. The zero-order chi connectivity index (χ0) is 5.70. The van der Waals surface area contributed by atoms with Crippen molar-refractivity contribution < 1.29 is 0 Å². The number of thiocarbonyl (C=S) groups is 1.